The van der Waals surface area contributed by atoms with Crippen LogP contribution in [0.5, 0.6) is 5.75 Å². The van der Waals surface area contributed by atoms with Gasteiger partial charge in [0.15, 0.2) is 0 Å². The van der Waals surface area contributed by atoms with Gasteiger partial charge in [-0.15, -0.1) is 12.4 Å². The predicted molar refractivity (Wildman–Crippen MR) is 94.8 cm³/mol. The molecule has 2 N–H and O–H groups in total. The maximum absolute atomic E-state index is 12.5. The van der Waals surface area contributed by atoms with Gasteiger partial charge in [0.1, 0.15) is 11.8 Å². The highest BCUT2D eigenvalue weighted by molar-refractivity contribution is 5.85. The Balaban J connectivity index is 0.00000264. The molecule has 2 rings (SSSR count). The van der Waals surface area contributed by atoms with Crippen molar-refractivity contribution in [3.05, 3.63) is 65.2 Å². The molecule has 0 aliphatic carbocycles. The normalized spacial score (nSPS) is 11.3. The van der Waals surface area contributed by atoms with Gasteiger partial charge in [0, 0.05) is 19.2 Å². The number of para-hydroxylation sites is 1. The molecule has 4 nitrogen and oxygen atoms in total. The van der Waals surface area contributed by atoms with Crippen LogP contribution in [-0.4, -0.2) is 25.0 Å². The van der Waals surface area contributed by atoms with Crippen LogP contribution in [0.25, 0.3) is 0 Å². The Labute approximate surface area is 143 Å². The molecular formula is C18H23ClN2O2. The summed E-state index contributed by atoms with van der Waals surface area (Å²) in [4.78, 5) is 14.1. The van der Waals surface area contributed by atoms with Gasteiger partial charge in [0.05, 0.1) is 7.11 Å². The molecule has 0 saturated carbocycles. The molecule has 2 aromatic carbocycles. The van der Waals surface area contributed by atoms with E-state index in [4.69, 9.17) is 10.5 Å². The molecule has 0 fully saturated rings. The summed E-state index contributed by atoms with van der Waals surface area (Å²) in [7, 11) is 3.38. The van der Waals surface area contributed by atoms with E-state index in [9.17, 15) is 4.79 Å². The molecular weight excluding hydrogens is 312 g/mol. The Kier molecular flexibility index (Phi) is 7.07. The Morgan fingerprint density at radius 2 is 1.78 bits per heavy atom. The lowest BCUT2D eigenvalue weighted by molar-refractivity contribution is -0.132. The van der Waals surface area contributed by atoms with Crippen LogP contribution in [0.3, 0.4) is 0 Å². The Morgan fingerprint density at radius 1 is 1.17 bits per heavy atom. The molecule has 0 aromatic heterocycles. The topological polar surface area (TPSA) is 55.6 Å². The first-order valence-electron chi connectivity index (χ1n) is 7.22. The fourth-order valence-corrected chi connectivity index (χ4v) is 2.32. The number of hydrogen-bond donors (Lipinski definition) is 1. The maximum atomic E-state index is 12.5. The number of halogens is 1. The molecule has 23 heavy (non-hydrogen) atoms. The number of aryl methyl sites for hydroxylation is 1. The van der Waals surface area contributed by atoms with Crippen molar-refractivity contribution in [3.8, 4) is 5.75 Å². The van der Waals surface area contributed by atoms with Crippen molar-refractivity contribution in [2.75, 3.05) is 14.2 Å². The van der Waals surface area contributed by atoms with Gasteiger partial charge in [0.2, 0.25) is 5.91 Å². The number of methoxy groups -OCH3 is 1. The summed E-state index contributed by atoms with van der Waals surface area (Å²) in [5.74, 6) is 0.654. The van der Waals surface area contributed by atoms with Crippen LogP contribution in [0.4, 0.5) is 0 Å². The predicted octanol–water partition coefficient (Wildman–Crippen LogP) is 3.08. The molecule has 0 spiro atoms. The number of nitrogens with zero attached hydrogens (tertiary/aromatic N) is 1. The molecule has 1 atom stereocenters. The Morgan fingerprint density at radius 3 is 2.39 bits per heavy atom. The van der Waals surface area contributed by atoms with Crippen molar-refractivity contribution < 1.29 is 9.53 Å². The molecule has 5 heteroatoms. The van der Waals surface area contributed by atoms with Gasteiger partial charge in [-0.05, 0) is 18.6 Å². The van der Waals surface area contributed by atoms with E-state index in [0.717, 1.165) is 22.4 Å². The third kappa shape index (κ3) is 4.71. The van der Waals surface area contributed by atoms with E-state index in [1.54, 1.807) is 19.1 Å². The maximum Gasteiger partial charge on any atom is 0.244 e. The van der Waals surface area contributed by atoms with Crippen molar-refractivity contribution in [1.29, 1.82) is 0 Å². The lowest BCUT2D eigenvalue weighted by Gasteiger charge is -2.22. The van der Waals surface area contributed by atoms with Crippen molar-refractivity contribution in [2.24, 2.45) is 5.73 Å². The van der Waals surface area contributed by atoms with Crippen molar-refractivity contribution in [3.63, 3.8) is 0 Å². The molecule has 1 amide bonds. The van der Waals surface area contributed by atoms with E-state index >= 15 is 0 Å². The minimum absolute atomic E-state index is 0. The van der Waals surface area contributed by atoms with E-state index in [1.165, 1.54) is 0 Å². The molecule has 0 aliphatic heterocycles. The number of hydrogen-bond acceptors (Lipinski definition) is 3. The van der Waals surface area contributed by atoms with E-state index in [0.29, 0.717) is 6.54 Å². The Bertz CT molecular complexity index is 644. The molecule has 1 unspecified atom stereocenters. The van der Waals surface area contributed by atoms with Gasteiger partial charge in [-0.2, -0.15) is 0 Å². The summed E-state index contributed by atoms with van der Waals surface area (Å²) in [6.45, 7) is 2.47. The first-order chi connectivity index (χ1) is 10.5. The van der Waals surface area contributed by atoms with Gasteiger partial charge in [-0.3, -0.25) is 4.79 Å². The highest BCUT2D eigenvalue weighted by Gasteiger charge is 2.20. The molecule has 0 heterocycles. The van der Waals surface area contributed by atoms with Gasteiger partial charge in [0.25, 0.3) is 0 Å². The third-order valence-corrected chi connectivity index (χ3v) is 3.68. The zero-order valence-corrected chi connectivity index (χ0v) is 14.5. The quantitative estimate of drug-likeness (QED) is 0.914. The standard InChI is InChI=1S/C18H22N2O2.ClH/c1-13-8-10-14(11-9-13)17(19)18(21)20(2)12-15-6-4-5-7-16(15)22-3;/h4-11,17H,12,19H2,1-3H3;1H. The van der Waals surface area contributed by atoms with Crippen LogP contribution < -0.4 is 10.5 Å². The molecule has 2 aromatic rings. The number of benzene rings is 2. The SMILES string of the molecule is COc1ccccc1CN(C)C(=O)C(N)c1ccc(C)cc1.Cl. The van der Waals surface area contributed by atoms with Crippen LogP contribution in [0.1, 0.15) is 22.7 Å². The van der Waals surface area contributed by atoms with Crippen molar-refractivity contribution in [2.45, 2.75) is 19.5 Å². The lowest BCUT2D eigenvalue weighted by atomic mass is 10.0. The van der Waals surface area contributed by atoms with Gasteiger partial charge < -0.3 is 15.4 Å². The monoisotopic (exact) mass is 334 g/mol. The minimum atomic E-state index is -0.652. The summed E-state index contributed by atoms with van der Waals surface area (Å²) in [5, 5.41) is 0. The summed E-state index contributed by atoms with van der Waals surface area (Å²) in [6.07, 6.45) is 0. The summed E-state index contributed by atoms with van der Waals surface area (Å²) in [5.41, 5.74) is 9.01. The molecule has 0 radical (unpaired) electrons. The molecule has 0 saturated heterocycles. The fraction of sp³-hybridized carbons (Fsp3) is 0.278. The summed E-state index contributed by atoms with van der Waals surface area (Å²) >= 11 is 0. The first-order valence-corrected chi connectivity index (χ1v) is 7.22. The number of amides is 1. The van der Waals surface area contributed by atoms with Crippen molar-refractivity contribution in [1.82, 2.24) is 4.90 Å². The van der Waals surface area contributed by atoms with E-state index in [-0.39, 0.29) is 18.3 Å². The van der Waals surface area contributed by atoms with E-state index < -0.39 is 6.04 Å². The average molecular weight is 335 g/mol. The summed E-state index contributed by atoms with van der Waals surface area (Å²) < 4.78 is 5.32. The van der Waals surface area contributed by atoms with E-state index in [2.05, 4.69) is 0 Å². The number of nitrogens with two attached hydrogens (primary N) is 1. The largest absolute Gasteiger partial charge is 0.496 e. The van der Waals surface area contributed by atoms with E-state index in [1.807, 2.05) is 55.5 Å². The lowest BCUT2D eigenvalue weighted by Crippen LogP contribution is -2.35. The zero-order chi connectivity index (χ0) is 16.1. The van der Waals surface area contributed by atoms with Crippen LogP contribution in [-0.2, 0) is 11.3 Å². The second-order valence-corrected chi connectivity index (χ2v) is 5.39. The first kappa shape index (κ1) is 19.0. The van der Waals surface area contributed by atoms with Gasteiger partial charge in [-0.25, -0.2) is 0 Å². The van der Waals surface area contributed by atoms with Crippen molar-refractivity contribution >= 4 is 18.3 Å². The molecule has 0 bridgehead atoms. The smallest absolute Gasteiger partial charge is 0.244 e. The van der Waals surface area contributed by atoms with Gasteiger partial charge in [-0.1, -0.05) is 48.0 Å². The number of carbonyl (C=O) groups excluding carboxylic acids is 1. The summed E-state index contributed by atoms with van der Waals surface area (Å²) in [6, 6.07) is 14.7. The zero-order valence-electron chi connectivity index (χ0n) is 13.7. The number of rotatable bonds is 5. The second-order valence-electron chi connectivity index (χ2n) is 5.39. The van der Waals surface area contributed by atoms with Crippen LogP contribution in [0, 0.1) is 6.92 Å². The third-order valence-electron chi connectivity index (χ3n) is 3.68. The molecule has 124 valence electrons. The van der Waals surface area contributed by atoms with Crippen LogP contribution in [0.15, 0.2) is 48.5 Å². The van der Waals surface area contributed by atoms with Crippen LogP contribution >= 0.6 is 12.4 Å². The number of ether oxygens (including phenoxy) is 1. The minimum Gasteiger partial charge on any atom is -0.496 e. The highest BCUT2D eigenvalue weighted by atomic mass is 35.5. The molecule has 0 aliphatic rings. The fourth-order valence-electron chi connectivity index (χ4n) is 2.32. The number of carbonyl (C=O) groups is 1. The van der Waals surface area contributed by atoms with Gasteiger partial charge >= 0.3 is 0 Å². The number of likely N-dealkylation sites (N-methyl/N-ethyl adjacent to an activating group) is 1. The highest BCUT2D eigenvalue weighted by Crippen LogP contribution is 2.20. The Hall–Kier alpha value is -2.04. The average Bonchev–Trinajstić information content (AvgIpc) is 2.54. The van der Waals surface area contributed by atoms with Crippen LogP contribution in [0.2, 0.25) is 0 Å². The second kappa shape index (κ2) is 8.56.